The van der Waals surface area contributed by atoms with Gasteiger partial charge >= 0.3 is 5.97 Å². The Morgan fingerprint density at radius 3 is 1.62 bits per heavy atom. The molecule has 2 aliphatic carbocycles. The Labute approximate surface area is 180 Å². The van der Waals surface area contributed by atoms with Gasteiger partial charge in [0.2, 0.25) is 0 Å². The summed E-state index contributed by atoms with van der Waals surface area (Å²) < 4.78 is 5.61. The molecule has 1 saturated heterocycles. The molecule has 2 unspecified atom stereocenters. The predicted molar refractivity (Wildman–Crippen MR) is 122 cm³/mol. The van der Waals surface area contributed by atoms with Crippen LogP contribution in [-0.2, 0) is 9.53 Å². The Morgan fingerprint density at radius 1 is 0.655 bits per heavy atom. The summed E-state index contributed by atoms with van der Waals surface area (Å²) in [5.41, 5.74) is 0. The molecule has 3 fully saturated rings. The second-order valence-electron chi connectivity index (χ2n) is 11.0. The van der Waals surface area contributed by atoms with E-state index in [1.807, 2.05) is 6.92 Å². The van der Waals surface area contributed by atoms with Gasteiger partial charge in [0.25, 0.3) is 0 Å². The number of esters is 1. The molecule has 168 valence electrons. The summed E-state index contributed by atoms with van der Waals surface area (Å²) in [6.07, 6.45) is 25.3. The molecule has 0 bridgehead atoms. The van der Waals surface area contributed by atoms with Crippen molar-refractivity contribution in [3.63, 3.8) is 0 Å². The summed E-state index contributed by atoms with van der Waals surface area (Å²) in [6.45, 7) is 4.32. The molecule has 2 saturated carbocycles. The molecule has 3 aliphatic rings. The predicted octanol–water partition coefficient (Wildman–Crippen LogP) is 8.08. The fourth-order valence-electron chi connectivity index (χ4n) is 6.29. The molecule has 0 aromatic heterocycles. The Balaban J connectivity index is 1.22. The average Bonchev–Trinajstić information content (AvgIpc) is 2.75. The van der Waals surface area contributed by atoms with Gasteiger partial charge < -0.3 is 4.74 Å². The standard InChI is InChI=1S/C27H48O2/c1-3-4-5-6-22-8-10-23(11-9-22)12-13-24-14-16-25(17-15-24)18-20-26-19-7-21(2)27(28)29-26/h21-26H,3-20H2,1-2H3. The van der Waals surface area contributed by atoms with E-state index in [1.54, 1.807) is 0 Å². The largest absolute Gasteiger partial charge is 0.462 e. The second kappa shape index (κ2) is 12.4. The molecule has 1 heterocycles. The van der Waals surface area contributed by atoms with Gasteiger partial charge in [-0.25, -0.2) is 0 Å². The smallest absolute Gasteiger partial charge is 0.308 e. The Kier molecular flexibility index (Phi) is 9.86. The van der Waals surface area contributed by atoms with E-state index in [2.05, 4.69) is 6.92 Å². The molecule has 0 aromatic rings. The first kappa shape index (κ1) is 23.1. The minimum atomic E-state index is 0.0416. The monoisotopic (exact) mass is 404 g/mol. The van der Waals surface area contributed by atoms with Crippen molar-refractivity contribution in [1.29, 1.82) is 0 Å². The van der Waals surface area contributed by atoms with Crippen LogP contribution < -0.4 is 0 Å². The van der Waals surface area contributed by atoms with Crippen LogP contribution in [0.5, 0.6) is 0 Å². The number of ether oxygens (including phenoxy) is 1. The SMILES string of the molecule is CCCCCC1CCC(CCC2CCC(CCC3CCC(C)C(=O)O3)CC2)CC1. The number of unbranched alkanes of at least 4 members (excludes halogenated alkanes) is 2. The topological polar surface area (TPSA) is 26.3 Å². The number of rotatable bonds is 10. The van der Waals surface area contributed by atoms with E-state index in [0.29, 0.717) is 0 Å². The van der Waals surface area contributed by atoms with E-state index in [1.165, 1.54) is 96.3 Å². The molecule has 2 atom stereocenters. The average molecular weight is 405 g/mol. The van der Waals surface area contributed by atoms with E-state index >= 15 is 0 Å². The number of carbonyl (C=O) groups is 1. The van der Waals surface area contributed by atoms with Crippen molar-refractivity contribution in [2.75, 3.05) is 0 Å². The van der Waals surface area contributed by atoms with Crippen molar-refractivity contribution in [1.82, 2.24) is 0 Å². The van der Waals surface area contributed by atoms with Gasteiger partial charge in [-0.1, -0.05) is 104 Å². The molecule has 29 heavy (non-hydrogen) atoms. The van der Waals surface area contributed by atoms with E-state index in [0.717, 1.165) is 42.9 Å². The van der Waals surface area contributed by atoms with Crippen LogP contribution in [0, 0.1) is 29.6 Å². The van der Waals surface area contributed by atoms with Gasteiger partial charge in [-0.2, -0.15) is 0 Å². The zero-order chi connectivity index (χ0) is 20.5. The summed E-state index contributed by atoms with van der Waals surface area (Å²) in [5.74, 6) is 4.15. The van der Waals surface area contributed by atoms with E-state index < -0.39 is 0 Å². The lowest BCUT2D eigenvalue weighted by atomic mass is 9.74. The molecule has 2 heteroatoms. The molecule has 3 rings (SSSR count). The Hall–Kier alpha value is -0.530. The van der Waals surface area contributed by atoms with Crippen LogP contribution in [-0.4, -0.2) is 12.1 Å². The van der Waals surface area contributed by atoms with E-state index in [4.69, 9.17) is 4.74 Å². The molecule has 2 nitrogen and oxygen atoms in total. The minimum absolute atomic E-state index is 0.0416. The highest BCUT2D eigenvalue weighted by molar-refractivity contribution is 5.72. The highest BCUT2D eigenvalue weighted by atomic mass is 16.5. The molecule has 0 aromatic carbocycles. The van der Waals surface area contributed by atoms with Crippen molar-refractivity contribution in [2.45, 2.75) is 136 Å². The highest BCUT2D eigenvalue weighted by Crippen LogP contribution is 2.39. The molecule has 0 amide bonds. The van der Waals surface area contributed by atoms with E-state index in [9.17, 15) is 4.79 Å². The summed E-state index contributed by atoms with van der Waals surface area (Å²) in [6, 6.07) is 0. The summed E-state index contributed by atoms with van der Waals surface area (Å²) in [7, 11) is 0. The van der Waals surface area contributed by atoms with Crippen molar-refractivity contribution in [2.24, 2.45) is 29.6 Å². The van der Waals surface area contributed by atoms with Crippen LogP contribution >= 0.6 is 0 Å². The molecule has 1 aliphatic heterocycles. The van der Waals surface area contributed by atoms with Gasteiger partial charge in [0.15, 0.2) is 0 Å². The molecule has 0 spiro atoms. The first-order valence-electron chi connectivity index (χ1n) is 13.3. The Morgan fingerprint density at radius 2 is 1.14 bits per heavy atom. The van der Waals surface area contributed by atoms with Gasteiger partial charge in [0.1, 0.15) is 6.10 Å². The van der Waals surface area contributed by atoms with Crippen molar-refractivity contribution in [3.8, 4) is 0 Å². The van der Waals surface area contributed by atoms with Gasteiger partial charge in [0, 0.05) is 0 Å². The number of carbonyl (C=O) groups excluding carboxylic acids is 1. The first-order valence-corrected chi connectivity index (χ1v) is 13.3. The second-order valence-corrected chi connectivity index (χ2v) is 11.0. The third kappa shape index (κ3) is 7.91. The third-order valence-corrected chi connectivity index (χ3v) is 8.64. The maximum absolute atomic E-state index is 11.8. The fraction of sp³-hybridized carbons (Fsp3) is 0.963. The van der Waals surface area contributed by atoms with Crippen molar-refractivity contribution < 1.29 is 9.53 Å². The normalized spacial score (nSPS) is 36.0. The van der Waals surface area contributed by atoms with Crippen LogP contribution in [0.25, 0.3) is 0 Å². The molecular formula is C27H48O2. The van der Waals surface area contributed by atoms with Gasteiger partial charge in [-0.3, -0.25) is 4.79 Å². The number of cyclic esters (lactones) is 1. The zero-order valence-electron chi connectivity index (χ0n) is 19.5. The minimum Gasteiger partial charge on any atom is -0.462 e. The van der Waals surface area contributed by atoms with Gasteiger partial charge in [-0.05, 0) is 49.4 Å². The lowest BCUT2D eigenvalue weighted by Gasteiger charge is -2.33. The van der Waals surface area contributed by atoms with Crippen LogP contribution in [0.1, 0.15) is 129 Å². The quantitative estimate of drug-likeness (QED) is 0.272. The van der Waals surface area contributed by atoms with E-state index in [-0.39, 0.29) is 18.0 Å². The first-order chi connectivity index (χ1) is 14.1. The molecule has 0 N–H and O–H groups in total. The fourth-order valence-corrected chi connectivity index (χ4v) is 6.29. The molecule has 0 radical (unpaired) electrons. The third-order valence-electron chi connectivity index (χ3n) is 8.64. The van der Waals surface area contributed by atoms with Gasteiger partial charge in [0.05, 0.1) is 5.92 Å². The number of hydrogen-bond acceptors (Lipinski definition) is 2. The van der Waals surface area contributed by atoms with Crippen LogP contribution in [0.2, 0.25) is 0 Å². The molecular weight excluding hydrogens is 356 g/mol. The summed E-state index contributed by atoms with van der Waals surface area (Å²) >= 11 is 0. The Bertz CT molecular complexity index is 457. The van der Waals surface area contributed by atoms with Crippen molar-refractivity contribution >= 4 is 5.97 Å². The lowest BCUT2D eigenvalue weighted by Crippen LogP contribution is -2.30. The maximum Gasteiger partial charge on any atom is 0.308 e. The van der Waals surface area contributed by atoms with Crippen LogP contribution in [0.4, 0.5) is 0 Å². The van der Waals surface area contributed by atoms with Gasteiger partial charge in [-0.15, -0.1) is 0 Å². The van der Waals surface area contributed by atoms with Crippen LogP contribution in [0.3, 0.4) is 0 Å². The summed E-state index contributed by atoms with van der Waals surface area (Å²) in [5, 5.41) is 0. The van der Waals surface area contributed by atoms with Crippen molar-refractivity contribution in [3.05, 3.63) is 0 Å². The van der Waals surface area contributed by atoms with Crippen LogP contribution in [0.15, 0.2) is 0 Å². The zero-order valence-corrected chi connectivity index (χ0v) is 19.5. The maximum atomic E-state index is 11.8. The highest BCUT2D eigenvalue weighted by Gasteiger charge is 2.28. The summed E-state index contributed by atoms with van der Waals surface area (Å²) in [4.78, 5) is 11.8. The lowest BCUT2D eigenvalue weighted by molar-refractivity contribution is -0.160. The number of hydrogen-bond donors (Lipinski definition) is 0.